The van der Waals surface area contributed by atoms with Gasteiger partial charge in [-0.3, -0.25) is 0 Å². The molecule has 0 amide bonds. The number of hydrogen-bond acceptors (Lipinski definition) is 2. The number of rotatable bonds is 7. The Morgan fingerprint density at radius 3 is 2.35 bits per heavy atom. The van der Waals surface area contributed by atoms with Gasteiger partial charge in [0.15, 0.2) is 0 Å². The average Bonchev–Trinajstić information content (AvgIpc) is 2.98. The summed E-state index contributed by atoms with van der Waals surface area (Å²) in [5.74, 6) is 0. The van der Waals surface area contributed by atoms with E-state index in [4.69, 9.17) is 0 Å². The van der Waals surface area contributed by atoms with Gasteiger partial charge in [0.2, 0.25) is 0 Å². The summed E-state index contributed by atoms with van der Waals surface area (Å²) in [5.41, 5.74) is 0.458. The van der Waals surface area contributed by atoms with Gasteiger partial charge in [0.25, 0.3) is 0 Å². The molecule has 2 aliphatic carbocycles. The second-order valence-electron chi connectivity index (χ2n) is 6.67. The third kappa shape index (κ3) is 3.96. The van der Waals surface area contributed by atoms with E-state index < -0.39 is 0 Å². The van der Waals surface area contributed by atoms with Crippen molar-refractivity contribution in [1.29, 1.82) is 0 Å². The molecular weight excluding hydrogens is 208 g/mol. The first kappa shape index (κ1) is 13.4. The van der Waals surface area contributed by atoms with Crippen molar-refractivity contribution in [3.63, 3.8) is 0 Å². The van der Waals surface area contributed by atoms with Crippen LogP contribution in [0.2, 0.25) is 0 Å². The molecule has 0 spiro atoms. The van der Waals surface area contributed by atoms with Crippen LogP contribution in [-0.4, -0.2) is 37.1 Å². The molecule has 2 nitrogen and oxygen atoms in total. The molecule has 1 unspecified atom stereocenters. The summed E-state index contributed by atoms with van der Waals surface area (Å²) < 4.78 is 0. The number of nitrogens with one attached hydrogen (secondary N) is 1. The van der Waals surface area contributed by atoms with Gasteiger partial charge in [-0.15, -0.1) is 0 Å². The fourth-order valence-electron chi connectivity index (χ4n) is 3.05. The Morgan fingerprint density at radius 1 is 1.18 bits per heavy atom. The highest BCUT2D eigenvalue weighted by Crippen LogP contribution is 2.29. The Balaban J connectivity index is 1.78. The third-order valence-electron chi connectivity index (χ3n) is 4.83. The van der Waals surface area contributed by atoms with E-state index in [0.29, 0.717) is 5.41 Å². The zero-order valence-corrected chi connectivity index (χ0v) is 12.0. The molecule has 0 aromatic heterocycles. The first-order chi connectivity index (χ1) is 8.13. The van der Waals surface area contributed by atoms with Crippen molar-refractivity contribution in [1.82, 2.24) is 10.2 Å². The Labute approximate surface area is 107 Å². The van der Waals surface area contributed by atoms with Crippen LogP contribution in [0.15, 0.2) is 0 Å². The van der Waals surface area contributed by atoms with Crippen LogP contribution in [0, 0.1) is 5.41 Å². The molecule has 2 heteroatoms. The van der Waals surface area contributed by atoms with Crippen molar-refractivity contribution >= 4 is 0 Å². The highest BCUT2D eigenvalue weighted by atomic mass is 15.1. The quantitative estimate of drug-likeness (QED) is 0.733. The predicted molar refractivity (Wildman–Crippen MR) is 74.3 cm³/mol. The van der Waals surface area contributed by atoms with Gasteiger partial charge in [0.1, 0.15) is 0 Å². The summed E-state index contributed by atoms with van der Waals surface area (Å²) >= 11 is 0. The molecule has 1 N–H and O–H groups in total. The molecule has 2 saturated carbocycles. The van der Waals surface area contributed by atoms with Crippen molar-refractivity contribution in [2.24, 2.45) is 5.41 Å². The smallest absolute Gasteiger partial charge is 0.00924 e. The van der Waals surface area contributed by atoms with Crippen molar-refractivity contribution in [2.75, 3.05) is 20.1 Å². The molecule has 17 heavy (non-hydrogen) atoms. The summed E-state index contributed by atoms with van der Waals surface area (Å²) in [5, 5.41) is 3.72. The topological polar surface area (TPSA) is 15.3 Å². The molecule has 0 aliphatic heterocycles. The van der Waals surface area contributed by atoms with Crippen LogP contribution >= 0.6 is 0 Å². The van der Waals surface area contributed by atoms with E-state index in [1.807, 2.05) is 0 Å². The van der Waals surface area contributed by atoms with Gasteiger partial charge in [-0.2, -0.15) is 0 Å². The molecule has 0 aromatic rings. The summed E-state index contributed by atoms with van der Waals surface area (Å²) in [7, 11) is 2.33. The van der Waals surface area contributed by atoms with Crippen LogP contribution < -0.4 is 5.32 Å². The SMILES string of the molecule is CCC(C)(CNC1CC1)CN(C)C1CCCC1. The lowest BCUT2D eigenvalue weighted by molar-refractivity contribution is 0.141. The summed E-state index contributed by atoms with van der Waals surface area (Å²) in [4.78, 5) is 2.63. The minimum absolute atomic E-state index is 0.458. The lowest BCUT2D eigenvalue weighted by Crippen LogP contribution is -2.44. The molecule has 0 bridgehead atoms. The highest BCUT2D eigenvalue weighted by molar-refractivity contribution is 4.88. The van der Waals surface area contributed by atoms with Crippen LogP contribution in [0.1, 0.15) is 58.8 Å². The standard InChI is InChI=1S/C15H30N2/c1-4-15(2,11-16-13-9-10-13)12-17(3)14-7-5-6-8-14/h13-14,16H,4-12H2,1-3H3. The fourth-order valence-corrected chi connectivity index (χ4v) is 3.05. The summed E-state index contributed by atoms with van der Waals surface area (Å²) in [6.07, 6.45) is 9.81. The second kappa shape index (κ2) is 5.71. The highest BCUT2D eigenvalue weighted by Gasteiger charge is 2.30. The molecule has 0 radical (unpaired) electrons. The largest absolute Gasteiger partial charge is 0.313 e. The van der Waals surface area contributed by atoms with Crippen LogP contribution in [-0.2, 0) is 0 Å². The fraction of sp³-hybridized carbons (Fsp3) is 1.00. The predicted octanol–water partition coefficient (Wildman–Crippen LogP) is 3.03. The zero-order valence-electron chi connectivity index (χ0n) is 12.0. The third-order valence-corrected chi connectivity index (χ3v) is 4.83. The molecule has 1 atom stereocenters. The maximum Gasteiger partial charge on any atom is 0.00924 e. The van der Waals surface area contributed by atoms with E-state index in [1.54, 1.807) is 0 Å². The Kier molecular flexibility index (Phi) is 4.48. The zero-order chi connectivity index (χ0) is 12.3. The molecule has 2 rings (SSSR count). The van der Waals surface area contributed by atoms with Crippen molar-refractivity contribution in [3.05, 3.63) is 0 Å². The average molecular weight is 238 g/mol. The van der Waals surface area contributed by atoms with Crippen LogP contribution in [0.5, 0.6) is 0 Å². The van der Waals surface area contributed by atoms with E-state index in [9.17, 15) is 0 Å². The van der Waals surface area contributed by atoms with Gasteiger partial charge in [0, 0.05) is 25.2 Å². The molecule has 2 aliphatic rings. The van der Waals surface area contributed by atoms with E-state index in [1.165, 1.54) is 58.0 Å². The second-order valence-corrected chi connectivity index (χ2v) is 6.67. The van der Waals surface area contributed by atoms with Crippen LogP contribution in [0.25, 0.3) is 0 Å². The first-order valence-electron chi connectivity index (χ1n) is 7.56. The Morgan fingerprint density at radius 2 is 1.82 bits per heavy atom. The molecule has 2 fully saturated rings. The van der Waals surface area contributed by atoms with Crippen molar-refractivity contribution in [3.8, 4) is 0 Å². The summed E-state index contributed by atoms with van der Waals surface area (Å²) in [6, 6.07) is 1.71. The Hall–Kier alpha value is -0.0800. The van der Waals surface area contributed by atoms with Gasteiger partial charge >= 0.3 is 0 Å². The normalized spacial score (nSPS) is 25.4. The molecule has 0 heterocycles. The van der Waals surface area contributed by atoms with E-state index in [2.05, 4.69) is 31.1 Å². The molecule has 0 aromatic carbocycles. The first-order valence-corrected chi connectivity index (χ1v) is 7.56. The van der Waals surface area contributed by atoms with E-state index >= 15 is 0 Å². The van der Waals surface area contributed by atoms with Crippen molar-refractivity contribution < 1.29 is 0 Å². The number of hydrogen-bond donors (Lipinski definition) is 1. The maximum absolute atomic E-state index is 3.72. The lowest BCUT2D eigenvalue weighted by atomic mass is 9.86. The van der Waals surface area contributed by atoms with E-state index in [0.717, 1.165) is 12.1 Å². The molecule has 100 valence electrons. The minimum Gasteiger partial charge on any atom is -0.313 e. The van der Waals surface area contributed by atoms with Crippen LogP contribution in [0.4, 0.5) is 0 Å². The Bertz CT molecular complexity index is 231. The monoisotopic (exact) mass is 238 g/mol. The molecular formula is C15H30N2. The minimum atomic E-state index is 0.458. The van der Waals surface area contributed by atoms with Crippen LogP contribution in [0.3, 0.4) is 0 Å². The van der Waals surface area contributed by atoms with Gasteiger partial charge in [-0.05, 0) is 44.6 Å². The maximum atomic E-state index is 3.72. The van der Waals surface area contributed by atoms with E-state index in [-0.39, 0.29) is 0 Å². The summed E-state index contributed by atoms with van der Waals surface area (Å²) in [6.45, 7) is 7.25. The van der Waals surface area contributed by atoms with Gasteiger partial charge in [-0.1, -0.05) is 26.7 Å². The molecule has 0 saturated heterocycles. The number of nitrogens with zero attached hydrogens (tertiary/aromatic N) is 1. The van der Waals surface area contributed by atoms with Gasteiger partial charge < -0.3 is 10.2 Å². The lowest BCUT2D eigenvalue weighted by Gasteiger charge is -2.36. The van der Waals surface area contributed by atoms with Gasteiger partial charge in [0.05, 0.1) is 0 Å². The van der Waals surface area contributed by atoms with Crippen molar-refractivity contribution in [2.45, 2.75) is 70.9 Å². The van der Waals surface area contributed by atoms with Gasteiger partial charge in [-0.25, -0.2) is 0 Å².